The average molecular weight is 1160 g/mol. The summed E-state index contributed by atoms with van der Waals surface area (Å²) in [6.07, 6.45) is 76.1. The van der Waals surface area contributed by atoms with E-state index in [1.165, 1.54) is 321 Å². The summed E-state index contributed by atoms with van der Waals surface area (Å²) < 4.78 is 74.9. The van der Waals surface area contributed by atoms with Gasteiger partial charge in [0.25, 0.3) is 0 Å². The first-order valence-corrected chi connectivity index (χ1v) is 36.9. The van der Waals surface area contributed by atoms with E-state index in [0.717, 1.165) is 51.4 Å². The topological polar surface area (TPSA) is 133 Å². The standard InChI is InChI=1S/2C33H68O4S.Ca/c2*1-3-5-7-9-11-13-15-16-17-18-19-21-23-25-27-29-31-33(32-37-38(34,35)36)30-28-26-24-22-20-14-12-10-8-6-4-2;/h2*33H,3-32H2,1-2H3,(H,34,35,36);/q;;+2/p-2. The second kappa shape index (κ2) is 67.8. The van der Waals surface area contributed by atoms with Crippen molar-refractivity contribution in [1.82, 2.24) is 0 Å². The Morgan fingerprint density at radius 3 is 0.468 bits per heavy atom. The van der Waals surface area contributed by atoms with E-state index in [-0.39, 0.29) is 62.8 Å². The monoisotopic (exact) mass is 1160 g/mol. The Morgan fingerprint density at radius 1 is 0.234 bits per heavy atom. The molecular formula is C66H134CaO8S2. The smallest absolute Gasteiger partial charge is 0.726 e. The molecule has 0 radical (unpaired) electrons. The van der Waals surface area contributed by atoms with Crippen LogP contribution in [0.3, 0.4) is 0 Å². The second-order valence-electron chi connectivity index (χ2n) is 23.9. The molecule has 0 N–H and O–H groups in total. The van der Waals surface area contributed by atoms with Gasteiger partial charge in [-0.1, -0.05) is 374 Å². The molecule has 77 heavy (non-hydrogen) atoms. The molecule has 11 heteroatoms. The summed E-state index contributed by atoms with van der Waals surface area (Å²) >= 11 is 0. The third kappa shape index (κ3) is 77.0. The maximum atomic E-state index is 10.9. The van der Waals surface area contributed by atoms with Crippen LogP contribution in [0.5, 0.6) is 0 Å². The molecule has 0 aliphatic rings. The predicted octanol–water partition coefficient (Wildman–Crippen LogP) is 22.5. The van der Waals surface area contributed by atoms with Gasteiger partial charge in [0.15, 0.2) is 0 Å². The van der Waals surface area contributed by atoms with Gasteiger partial charge in [-0.05, 0) is 37.5 Å². The Hall–Kier alpha value is 1.000. The van der Waals surface area contributed by atoms with Crippen molar-refractivity contribution >= 4 is 58.5 Å². The maximum absolute atomic E-state index is 10.9. The summed E-state index contributed by atoms with van der Waals surface area (Å²) in [5.41, 5.74) is 0. The molecule has 460 valence electrons. The molecule has 0 saturated heterocycles. The Bertz CT molecular complexity index is 1200. The van der Waals surface area contributed by atoms with Crippen molar-refractivity contribution < 1.29 is 34.3 Å². The van der Waals surface area contributed by atoms with Crippen LogP contribution in [-0.2, 0) is 29.2 Å². The summed E-state index contributed by atoms with van der Waals surface area (Å²) in [5, 5.41) is 0. The van der Waals surface area contributed by atoms with Crippen molar-refractivity contribution in [2.45, 2.75) is 400 Å². The van der Waals surface area contributed by atoms with E-state index in [1.807, 2.05) is 0 Å². The van der Waals surface area contributed by atoms with Gasteiger partial charge in [0, 0.05) is 0 Å². The SMILES string of the molecule is CCCCCCCCCCCCCCCCCCC(CCCCCCCCCCCCC)COS(=O)(=O)[O-].CCCCCCCCCCCCCCCCCCC(CCCCCCCCCCCCC)COS(=O)(=O)[O-].[Ca+2]. The molecule has 0 fully saturated rings. The molecule has 0 heterocycles. The zero-order chi connectivity index (χ0) is 56.0. The molecule has 0 aliphatic heterocycles. The van der Waals surface area contributed by atoms with E-state index in [0.29, 0.717) is 0 Å². The van der Waals surface area contributed by atoms with E-state index >= 15 is 0 Å². The fraction of sp³-hybridized carbons (Fsp3) is 1.00. The first-order valence-electron chi connectivity index (χ1n) is 34.2. The van der Waals surface area contributed by atoms with E-state index in [2.05, 4.69) is 36.1 Å². The van der Waals surface area contributed by atoms with Crippen molar-refractivity contribution in [3.05, 3.63) is 0 Å². The summed E-state index contributed by atoms with van der Waals surface area (Å²) in [6, 6.07) is 0. The largest absolute Gasteiger partial charge is 2.00 e. The molecule has 0 spiro atoms. The van der Waals surface area contributed by atoms with Crippen LogP contribution in [-0.4, -0.2) is 76.9 Å². The zero-order valence-corrected chi connectivity index (χ0v) is 56.2. The number of hydrogen-bond donors (Lipinski definition) is 0. The molecule has 0 aromatic carbocycles. The molecule has 0 amide bonds. The van der Waals surface area contributed by atoms with Gasteiger partial charge in [-0.25, -0.2) is 16.8 Å². The Morgan fingerprint density at radius 2 is 0.351 bits per heavy atom. The summed E-state index contributed by atoms with van der Waals surface area (Å²) in [5.74, 6) is 0.396. The maximum Gasteiger partial charge on any atom is 2.00 e. The Labute approximate surface area is 513 Å². The van der Waals surface area contributed by atoms with E-state index in [1.54, 1.807) is 0 Å². The summed E-state index contributed by atoms with van der Waals surface area (Å²) in [4.78, 5) is 0. The number of unbranched alkanes of at least 4 members (excludes halogenated alkanes) is 50. The van der Waals surface area contributed by atoms with Crippen molar-refractivity contribution in [2.24, 2.45) is 11.8 Å². The molecule has 0 aromatic rings. The normalized spacial score (nSPS) is 12.6. The first-order chi connectivity index (χ1) is 37.0. The van der Waals surface area contributed by atoms with Gasteiger partial charge in [0.1, 0.15) is 0 Å². The molecule has 0 aromatic heterocycles. The zero-order valence-electron chi connectivity index (χ0n) is 52.4. The number of hydrogen-bond acceptors (Lipinski definition) is 8. The van der Waals surface area contributed by atoms with Crippen molar-refractivity contribution in [3.8, 4) is 0 Å². The molecule has 2 unspecified atom stereocenters. The van der Waals surface area contributed by atoms with Gasteiger partial charge >= 0.3 is 37.7 Å². The van der Waals surface area contributed by atoms with Gasteiger partial charge in [-0.2, -0.15) is 0 Å². The van der Waals surface area contributed by atoms with Crippen molar-refractivity contribution in [3.63, 3.8) is 0 Å². The van der Waals surface area contributed by atoms with Gasteiger partial charge in [-0.3, -0.25) is 8.37 Å². The van der Waals surface area contributed by atoms with Gasteiger partial charge in [0.2, 0.25) is 20.8 Å². The average Bonchev–Trinajstić information content (AvgIpc) is 3.39. The van der Waals surface area contributed by atoms with E-state index in [4.69, 9.17) is 0 Å². The van der Waals surface area contributed by atoms with Crippen molar-refractivity contribution in [1.29, 1.82) is 0 Å². The summed E-state index contributed by atoms with van der Waals surface area (Å²) in [6.45, 7) is 9.22. The molecule has 0 saturated carbocycles. The second-order valence-corrected chi connectivity index (χ2v) is 26.1. The summed E-state index contributed by atoms with van der Waals surface area (Å²) in [7, 11) is -9.17. The molecule has 0 aliphatic carbocycles. The number of rotatable bonds is 64. The van der Waals surface area contributed by atoms with E-state index in [9.17, 15) is 25.9 Å². The Balaban J connectivity index is -0.00000140. The minimum Gasteiger partial charge on any atom is -0.726 e. The van der Waals surface area contributed by atoms with Gasteiger partial charge in [0.05, 0.1) is 13.2 Å². The van der Waals surface area contributed by atoms with Crippen LogP contribution >= 0.6 is 0 Å². The van der Waals surface area contributed by atoms with Crippen LogP contribution in [0.4, 0.5) is 0 Å². The third-order valence-corrected chi connectivity index (χ3v) is 17.1. The van der Waals surface area contributed by atoms with E-state index < -0.39 is 20.8 Å². The van der Waals surface area contributed by atoms with Crippen LogP contribution in [0.25, 0.3) is 0 Å². The third-order valence-electron chi connectivity index (χ3n) is 16.3. The molecule has 2 atom stereocenters. The fourth-order valence-electron chi connectivity index (χ4n) is 11.1. The minimum absolute atomic E-state index is 0. The molecule has 0 rings (SSSR count). The van der Waals surface area contributed by atoms with Crippen LogP contribution in [0.1, 0.15) is 400 Å². The van der Waals surface area contributed by atoms with Crippen LogP contribution < -0.4 is 0 Å². The Kier molecular flexibility index (Phi) is 72.4. The fourth-order valence-corrected chi connectivity index (χ4v) is 11.9. The molecule has 8 nitrogen and oxygen atoms in total. The predicted molar refractivity (Wildman–Crippen MR) is 335 cm³/mol. The van der Waals surface area contributed by atoms with Crippen molar-refractivity contribution in [2.75, 3.05) is 13.2 Å². The van der Waals surface area contributed by atoms with Gasteiger partial charge < -0.3 is 9.11 Å². The molecular weight excluding hydrogens is 1020 g/mol. The van der Waals surface area contributed by atoms with Crippen LogP contribution in [0.2, 0.25) is 0 Å². The van der Waals surface area contributed by atoms with Gasteiger partial charge in [-0.15, -0.1) is 0 Å². The first kappa shape index (κ1) is 82.2. The quantitative estimate of drug-likeness (QED) is 0.0254. The van der Waals surface area contributed by atoms with Crippen LogP contribution in [0.15, 0.2) is 0 Å². The minimum atomic E-state index is -4.58. The van der Waals surface area contributed by atoms with Crippen LogP contribution in [0, 0.1) is 11.8 Å². The molecule has 0 bridgehead atoms.